The summed E-state index contributed by atoms with van der Waals surface area (Å²) in [4.78, 5) is 12.3. The lowest BCUT2D eigenvalue weighted by Gasteiger charge is -2.24. The number of nitrogens with one attached hydrogen (secondary N) is 1. The Labute approximate surface area is 152 Å². The van der Waals surface area contributed by atoms with Crippen molar-refractivity contribution in [3.8, 4) is 17.2 Å². The molecule has 6 heteroatoms. The van der Waals surface area contributed by atoms with Gasteiger partial charge in [0.1, 0.15) is 12.4 Å². The number of fused-ring (bicyclic) bond motifs is 1. The average Bonchev–Trinajstić information content (AvgIpc) is 2.65. The standard InChI is InChI=1S/C20H22N2O4/c1-13(2)25-16-10-8-15(9-11-16)14(3)21-22-20(23)19-12-24-17-6-4-5-7-18(17)26-19/h4-11,13,19H,12H2,1-3H3,(H,22,23)/b21-14-/t19-/m0/s1. The third-order valence-electron chi connectivity index (χ3n) is 3.78. The molecule has 0 fully saturated rings. The molecule has 0 bridgehead atoms. The predicted molar refractivity (Wildman–Crippen MR) is 98.9 cm³/mol. The number of nitrogens with zero attached hydrogens (tertiary/aromatic N) is 1. The topological polar surface area (TPSA) is 69.2 Å². The molecule has 136 valence electrons. The molecule has 0 saturated carbocycles. The molecular weight excluding hydrogens is 332 g/mol. The predicted octanol–water partition coefficient (Wildman–Crippen LogP) is 3.15. The molecule has 1 aliphatic heterocycles. The van der Waals surface area contributed by atoms with Crippen LogP contribution >= 0.6 is 0 Å². The van der Waals surface area contributed by atoms with Crippen molar-refractivity contribution in [1.82, 2.24) is 5.43 Å². The Morgan fingerprint density at radius 1 is 1.15 bits per heavy atom. The van der Waals surface area contributed by atoms with Crippen molar-refractivity contribution in [3.63, 3.8) is 0 Å². The van der Waals surface area contributed by atoms with E-state index in [-0.39, 0.29) is 18.6 Å². The fourth-order valence-corrected chi connectivity index (χ4v) is 2.47. The molecule has 1 heterocycles. The SMILES string of the molecule is C/C(=N/NC(=O)[C@@H]1COc2ccccc2O1)c1ccc(OC(C)C)cc1. The molecule has 0 aromatic heterocycles. The number of amides is 1. The summed E-state index contributed by atoms with van der Waals surface area (Å²) in [7, 11) is 0. The maximum Gasteiger partial charge on any atom is 0.284 e. The Balaban J connectivity index is 1.59. The molecule has 26 heavy (non-hydrogen) atoms. The normalized spacial score (nSPS) is 16.3. The van der Waals surface area contributed by atoms with Gasteiger partial charge < -0.3 is 14.2 Å². The first-order valence-corrected chi connectivity index (χ1v) is 8.52. The van der Waals surface area contributed by atoms with Gasteiger partial charge in [-0.1, -0.05) is 12.1 Å². The molecule has 2 aromatic rings. The van der Waals surface area contributed by atoms with Gasteiger partial charge in [-0.3, -0.25) is 4.79 Å². The molecule has 1 N–H and O–H groups in total. The zero-order valence-electron chi connectivity index (χ0n) is 15.1. The maximum atomic E-state index is 12.3. The lowest BCUT2D eigenvalue weighted by molar-refractivity contribution is -0.130. The van der Waals surface area contributed by atoms with Gasteiger partial charge in [0.05, 0.1) is 11.8 Å². The van der Waals surface area contributed by atoms with Crippen LogP contribution in [0.5, 0.6) is 17.2 Å². The van der Waals surface area contributed by atoms with E-state index in [4.69, 9.17) is 14.2 Å². The van der Waals surface area contributed by atoms with Gasteiger partial charge in [-0.15, -0.1) is 0 Å². The van der Waals surface area contributed by atoms with Crippen LogP contribution in [0.2, 0.25) is 0 Å². The van der Waals surface area contributed by atoms with Crippen LogP contribution in [0.1, 0.15) is 26.3 Å². The van der Waals surface area contributed by atoms with Crippen LogP contribution in [-0.4, -0.2) is 30.4 Å². The minimum atomic E-state index is -0.733. The van der Waals surface area contributed by atoms with Crippen LogP contribution in [0, 0.1) is 0 Å². The van der Waals surface area contributed by atoms with Crippen molar-refractivity contribution >= 4 is 11.6 Å². The smallest absolute Gasteiger partial charge is 0.284 e. The van der Waals surface area contributed by atoms with E-state index < -0.39 is 6.10 Å². The number of para-hydroxylation sites is 2. The van der Waals surface area contributed by atoms with E-state index in [2.05, 4.69) is 10.5 Å². The van der Waals surface area contributed by atoms with Crippen LogP contribution < -0.4 is 19.6 Å². The van der Waals surface area contributed by atoms with E-state index in [1.165, 1.54) is 0 Å². The van der Waals surface area contributed by atoms with Gasteiger partial charge in [0, 0.05) is 0 Å². The lowest BCUT2D eigenvalue weighted by Crippen LogP contribution is -2.42. The zero-order valence-corrected chi connectivity index (χ0v) is 15.1. The molecule has 1 atom stereocenters. The highest BCUT2D eigenvalue weighted by atomic mass is 16.6. The number of benzene rings is 2. The number of carbonyl (C=O) groups is 1. The second-order valence-corrected chi connectivity index (χ2v) is 6.23. The van der Waals surface area contributed by atoms with Crippen molar-refractivity contribution in [2.75, 3.05) is 6.61 Å². The molecule has 0 saturated heterocycles. The minimum Gasteiger partial charge on any atom is -0.491 e. The monoisotopic (exact) mass is 354 g/mol. The van der Waals surface area contributed by atoms with Crippen LogP contribution in [0.15, 0.2) is 53.6 Å². The van der Waals surface area contributed by atoms with Gasteiger partial charge in [0.15, 0.2) is 11.5 Å². The summed E-state index contributed by atoms with van der Waals surface area (Å²) >= 11 is 0. The molecule has 6 nitrogen and oxygen atoms in total. The molecule has 0 radical (unpaired) electrons. The number of hydrogen-bond donors (Lipinski definition) is 1. The second kappa shape index (κ2) is 7.91. The molecule has 3 rings (SSSR count). The van der Waals surface area contributed by atoms with Gasteiger partial charge in [-0.2, -0.15) is 5.10 Å². The van der Waals surface area contributed by atoms with Gasteiger partial charge >= 0.3 is 0 Å². The Kier molecular flexibility index (Phi) is 5.41. The van der Waals surface area contributed by atoms with Crippen LogP contribution in [0.3, 0.4) is 0 Å². The lowest BCUT2D eigenvalue weighted by atomic mass is 10.1. The van der Waals surface area contributed by atoms with Gasteiger partial charge in [0.25, 0.3) is 5.91 Å². The summed E-state index contributed by atoms with van der Waals surface area (Å²) in [5.74, 6) is 1.64. The third kappa shape index (κ3) is 4.33. The van der Waals surface area contributed by atoms with Gasteiger partial charge in [-0.25, -0.2) is 5.43 Å². The largest absolute Gasteiger partial charge is 0.491 e. The summed E-state index contributed by atoms with van der Waals surface area (Å²) in [6, 6.07) is 14.8. The Hall–Kier alpha value is -3.02. The highest BCUT2D eigenvalue weighted by molar-refractivity contribution is 5.99. The van der Waals surface area contributed by atoms with Crippen LogP contribution in [0.25, 0.3) is 0 Å². The Morgan fingerprint density at radius 3 is 2.54 bits per heavy atom. The number of ether oxygens (including phenoxy) is 3. The second-order valence-electron chi connectivity index (χ2n) is 6.23. The quantitative estimate of drug-likeness (QED) is 0.661. The van der Waals surface area contributed by atoms with E-state index in [1.807, 2.05) is 57.2 Å². The van der Waals surface area contributed by atoms with Crippen LogP contribution in [-0.2, 0) is 4.79 Å². The fraction of sp³-hybridized carbons (Fsp3) is 0.300. The molecular formula is C20H22N2O4. The van der Waals surface area contributed by atoms with E-state index in [1.54, 1.807) is 12.1 Å². The summed E-state index contributed by atoms with van der Waals surface area (Å²) in [5, 5.41) is 4.16. The first-order chi connectivity index (χ1) is 12.5. The molecule has 0 aliphatic carbocycles. The third-order valence-corrected chi connectivity index (χ3v) is 3.78. The molecule has 1 aliphatic rings. The summed E-state index contributed by atoms with van der Waals surface area (Å²) in [6.07, 6.45) is -0.610. The summed E-state index contributed by atoms with van der Waals surface area (Å²) < 4.78 is 16.8. The van der Waals surface area contributed by atoms with E-state index in [0.717, 1.165) is 11.3 Å². The van der Waals surface area contributed by atoms with Crippen molar-refractivity contribution in [3.05, 3.63) is 54.1 Å². The highest BCUT2D eigenvalue weighted by Crippen LogP contribution is 2.30. The van der Waals surface area contributed by atoms with Crippen molar-refractivity contribution in [2.45, 2.75) is 33.0 Å². The molecule has 0 unspecified atom stereocenters. The number of hydrogen-bond acceptors (Lipinski definition) is 5. The summed E-state index contributed by atoms with van der Waals surface area (Å²) in [5.41, 5.74) is 4.12. The van der Waals surface area contributed by atoms with Crippen molar-refractivity contribution in [1.29, 1.82) is 0 Å². The number of rotatable bonds is 5. The van der Waals surface area contributed by atoms with Gasteiger partial charge in [-0.05, 0) is 62.7 Å². The highest BCUT2D eigenvalue weighted by Gasteiger charge is 2.27. The van der Waals surface area contributed by atoms with E-state index in [0.29, 0.717) is 17.2 Å². The van der Waals surface area contributed by atoms with Gasteiger partial charge in [0.2, 0.25) is 6.10 Å². The van der Waals surface area contributed by atoms with Crippen LogP contribution in [0.4, 0.5) is 0 Å². The fourth-order valence-electron chi connectivity index (χ4n) is 2.47. The van der Waals surface area contributed by atoms with Crippen molar-refractivity contribution < 1.29 is 19.0 Å². The zero-order chi connectivity index (χ0) is 18.5. The Bertz CT molecular complexity index is 800. The first-order valence-electron chi connectivity index (χ1n) is 8.52. The molecule has 2 aromatic carbocycles. The van der Waals surface area contributed by atoms with E-state index in [9.17, 15) is 4.79 Å². The number of carbonyl (C=O) groups excluding carboxylic acids is 1. The average molecular weight is 354 g/mol. The first kappa shape index (κ1) is 17.8. The molecule has 1 amide bonds. The Morgan fingerprint density at radius 2 is 1.85 bits per heavy atom. The molecule has 0 spiro atoms. The maximum absolute atomic E-state index is 12.3. The van der Waals surface area contributed by atoms with E-state index >= 15 is 0 Å². The number of hydrazone groups is 1. The summed E-state index contributed by atoms with van der Waals surface area (Å²) in [6.45, 7) is 5.93. The van der Waals surface area contributed by atoms with Crippen molar-refractivity contribution in [2.24, 2.45) is 5.10 Å². The minimum absolute atomic E-state index is 0.123.